The first kappa shape index (κ1) is 20.9. The Labute approximate surface area is 171 Å². The Morgan fingerprint density at radius 3 is 2.86 bits per heavy atom. The van der Waals surface area contributed by atoms with Gasteiger partial charge < -0.3 is 10.1 Å². The fraction of sp³-hybridized carbons (Fsp3) is 0.471. The average molecular weight is 444 g/mol. The molecule has 1 N–H and O–H groups in total. The van der Waals surface area contributed by atoms with E-state index in [9.17, 15) is 18.0 Å². The minimum Gasteiger partial charge on any atom is -0.462 e. The van der Waals surface area contributed by atoms with Crippen molar-refractivity contribution in [1.82, 2.24) is 9.29 Å². The highest BCUT2D eigenvalue weighted by atomic mass is 32.2. The minimum atomic E-state index is -3.73. The molecule has 1 aliphatic rings. The number of nitrogens with zero attached hydrogens (tertiary/aromatic N) is 2. The van der Waals surface area contributed by atoms with Gasteiger partial charge in [-0.1, -0.05) is 23.8 Å². The molecule has 0 spiro atoms. The van der Waals surface area contributed by atoms with E-state index in [1.165, 1.54) is 4.31 Å². The summed E-state index contributed by atoms with van der Waals surface area (Å²) < 4.78 is 32.3. The van der Waals surface area contributed by atoms with Crippen molar-refractivity contribution in [2.45, 2.75) is 43.4 Å². The third-order valence-corrected chi connectivity index (χ3v) is 8.64. The van der Waals surface area contributed by atoms with Crippen LogP contribution in [-0.4, -0.2) is 48.8 Å². The Hall–Kier alpha value is -1.82. The monoisotopic (exact) mass is 443 g/mol. The van der Waals surface area contributed by atoms with Gasteiger partial charge in [0.1, 0.15) is 15.1 Å². The Morgan fingerprint density at radius 1 is 1.39 bits per heavy atom. The molecule has 2 aromatic rings. The summed E-state index contributed by atoms with van der Waals surface area (Å²) in [7, 11) is -3.73. The van der Waals surface area contributed by atoms with Crippen molar-refractivity contribution in [1.29, 1.82) is 0 Å². The summed E-state index contributed by atoms with van der Waals surface area (Å²) in [5.74, 6) is -0.929. The van der Waals surface area contributed by atoms with Gasteiger partial charge in [0.2, 0.25) is 5.91 Å². The third kappa shape index (κ3) is 4.27. The zero-order valence-electron chi connectivity index (χ0n) is 15.5. The summed E-state index contributed by atoms with van der Waals surface area (Å²) in [5, 5.41) is 4.63. The van der Waals surface area contributed by atoms with E-state index < -0.39 is 27.9 Å². The van der Waals surface area contributed by atoms with E-state index in [1.54, 1.807) is 31.4 Å². The highest BCUT2D eigenvalue weighted by Gasteiger charge is 2.38. The number of aryl methyl sites for hydroxylation is 1. The molecule has 3 heterocycles. The Bertz CT molecular complexity index is 953. The average Bonchev–Trinajstić information content (AvgIpc) is 3.32. The van der Waals surface area contributed by atoms with Gasteiger partial charge >= 0.3 is 5.97 Å². The summed E-state index contributed by atoms with van der Waals surface area (Å²) in [6, 6.07) is 2.40. The summed E-state index contributed by atoms with van der Waals surface area (Å²) in [6.07, 6.45) is 1.91. The van der Waals surface area contributed by atoms with Crippen LogP contribution in [0.15, 0.2) is 21.7 Å². The van der Waals surface area contributed by atoms with Gasteiger partial charge in [-0.3, -0.25) is 4.79 Å². The van der Waals surface area contributed by atoms with Crippen molar-refractivity contribution in [3.05, 3.63) is 28.1 Å². The smallest absolute Gasteiger partial charge is 0.350 e. The minimum absolute atomic E-state index is 0.224. The van der Waals surface area contributed by atoms with Crippen LogP contribution in [0.4, 0.5) is 5.13 Å². The van der Waals surface area contributed by atoms with Crippen molar-refractivity contribution in [3.8, 4) is 0 Å². The molecule has 2 aromatic heterocycles. The number of aromatic nitrogens is 1. The van der Waals surface area contributed by atoms with E-state index in [0.717, 1.165) is 29.1 Å². The van der Waals surface area contributed by atoms with Gasteiger partial charge in [0.25, 0.3) is 10.0 Å². The number of carbonyl (C=O) groups excluding carboxylic acids is 2. The van der Waals surface area contributed by atoms with Gasteiger partial charge in [-0.2, -0.15) is 4.31 Å². The number of nitrogens with one attached hydrogen (secondary N) is 1. The molecule has 1 atom stereocenters. The molecule has 1 amide bonds. The fourth-order valence-corrected chi connectivity index (χ4v) is 6.64. The van der Waals surface area contributed by atoms with Gasteiger partial charge in [0.05, 0.1) is 12.3 Å². The number of ether oxygens (including phenoxy) is 1. The van der Waals surface area contributed by atoms with E-state index in [4.69, 9.17) is 4.74 Å². The van der Waals surface area contributed by atoms with E-state index in [-0.39, 0.29) is 15.9 Å². The number of esters is 1. The van der Waals surface area contributed by atoms with Gasteiger partial charge in [0.15, 0.2) is 5.13 Å². The Morgan fingerprint density at radius 2 is 2.18 bits per heavy atom. The van der Waals surface area contributed by atoms with Crippen LogP contribution in [0.5, 0.6) is 0 Å². The number of sulfonamides is 1. The van der Waals surface area contributed by atoms with E-state index in [2.05, 4.69) is 10.3 Å². The first-order valence-electron chi connectivity index (χ1n) is 8.85. The van der Waals surface area contributed by atoms with Crippen LogP contribution in [0.2, 0.25) is 0 Å². The normalized spacial score (nSPS) is 18.0. The number of rotatable bonds is 6. The number of anilines is 1. The topological polar surface area (TPSA) is 106 Å². The lowest BCUT2D eigenvalue weighted by molar-refractivity contribution is -0.120. The number of thiazole rings is 1. The summed E-state index contributed by atoms with van der Waals surface area (Å²) >= 11 is 2.15. The molecule has 3 rings (SSSR count). The van der Waals surface area contributed by atoms with E-state index in [1.807, 2.05) is 0 Å². The quantitative estimate of drug-likeness (QED) is 0.688. The fourth-order valence-electron chi connectivity index (χ4n) is 3.01. The van der Waals surface area contributed by atoms with Crippen molar-refractivity contribution in [2.75, 3.05) is 18.5 Å². The number of piperidine rings is 1. The lowest BCUT2D eigenvalue weighted by Crippen LogP contribution is -2.49. The van der Waals surface area contributed by atoms with Crippen LogP contribution >= 0.6 is 22.7 Å². The van der Waals surface area contributed by atoms with E-state index in [0.29, 0.717) is 30.0 Å². The highest BCUT2D eigenvalue weighted by Crippen LogP contribution is 2.29. The number of carbonyl (C=O) groups is 2. The van der Waals surface area contributed by atoms with Crippen LogP contribution in [0.1, 0.15) is 41.6 Å². The zero-order valence-corrected chi connectivity index (χ0v) is 18.0. The number of hydrogen-bond acceptors (Lipinski definition) is 8. The molecule has 0 saturated carbocycles. The third-order valence-electron chi connectivity index (χ3n) is 4.30. The van der Waals surface area contributed by atoms with Gasteiger partial charge in [-0.15, -0.1) is 11.3 Å². The maximum atomic E-state index is 12.9. The molecule has 0 bridgehead atoms. The van der Waals surface area contributed by atoms with E-state index >= 15 is 0 Å². The van der Waals surface area contributed by atoms with Gasteiger partial charge in [-0.25, -0.2) is 18.2 Å². The first-order chi connectivity index (χ1) is 13.3. The maximum Gasteiger partial charge on any atom is 0.350 e. The van der Waals surface area contributed by atoms with Crippen LogP contribution in [-0.2, 0) is 19.6 Å². The molecule has 1 fully saturated rings. The molecule has 0 aromatic carbocycles. The standard InChI is InChI=1S/C17H21N3O5S3/c1-3-25-16(22)14-11(2)18-17(27-14)19-15(21)12-7-4-5-9-20(12)28(23,24)13-8-6-10-26-13/h6,8,10,12H,3-5,7,9H2,1-2H3,(H,18,19,21). The van der Waals surface area contributed by atoms with Gasteiger partial charge in [0, 0.05) is 6.54 Å². The molecular formula is C17H21N3O5S3. The molecule has 0 aliphatic carbocycles. The second kappa shape index (κ2) is 8.68. The van der Waals surface area contributed by atoms with Crippen molar-refractivity contribution < 1.29 is 22.7 Å². The second-order valence-corrected chi connectivity index (χ2v) is 10.3. The van der Waals surface area contributed by atoms with Crippen molar-refractivity contribution in [2.24, 2.45) is 0 Å². The second-order valence-electron chi connectivity index (χ2n) is 6.20. The molecule has 152 valence electrons. The molecule has 1 aliphatic heterocycles. The lowest BCUT2D eigenvalue weighted by atomic mass is 10.0. The molecule has 8 nitrogen and oxygen atoms in total. The molecule has 1 unspecified atom stereocenters. The molecule has 11 heteroatoms. The largest absolute Gasteiger partial charge is 0.462 e. The van der Waals surface area contributed by atoms with Crippen molar-refractivity contribution in [3.63, 3.8) is 0 Å². The molecule has 28 heavy (non-hydrogen) atoms. The lowest BCUT2D eigenvalue weighted by Gasteiger charge is -2.32. The van der Waals surface area contributed by atoms with Crippen LogP contribution in [0, 0.1) is 6.92 Å². The first-order valence-corrected chi connectivity index (χ1v) is 12.0. The number of thiophene rings is 1. The summed E-state index contributed by atoms with van der Waals surface area (Å²) in [6.45, 7) is 3.91. The Balaban J connectivity index is 1.79. The summed E-state index contributed by atoms with van der Waals surface area (Å²) in [5.41, 5.74) is 0.463. The van der Waals surface area contributed by atoms with Crippen LogP contribution < -0.4 is 5.32 Å². The predicted octanol–water partition coefficient (Wildman–Crippen LogP) is 2.87. The van der Waals surface area contributed by atoms with Gasteiger partial charge in [-0.05, 0) is 38.1 Å². The zero-order chi connectivity index (χ0) is 20.3. The van der Waals surface area contributed by atoms with Crippen LogP contribution in [0.3, 0.4) is 0 Å². The number of amides is 1. The predicted molar refractivity (Wildman–Crippen MR) is 107 cm³/mol. The Kier molecular flexibility index (Phi) is 6.48. The molecular weight excluding hydrogens is 422 g/mol. The maximum absolute atomic E-state index is 12.9. The van der Waals surface area contributed by atoms with Crippen LogP contribution in [0.25, 0.3) is 0 Å². The van der Waals surface area contributed by atoms with Crippen molar-refractivity contribution >= 4 is 49.7 Å². The molecule has 1 saturated heterocycles. The summed E-state index contributed by atoms with van der Waals surface area (Å²) in [4.78, 5) is 29.3. The number of hydrogen-bond donors (Lipinski definition) is 1. The SMILES string of the molecule is CCOC(=O)c1sc(NC(=O)C2CCCCN2S(=O)(=O)c2cccs2)nc1C. The highest BCUT2D eigenvalue weighted by molar-refractivity contribution is 7.91. The molecule has 0 radical (unpaired) electrons.